The SMILES string of the molecule is CCc1ccc(S(=O)(=O)NCc2cccc(CO)c2)cc1. The number of aliphatic hydroxyl groups excluding tert-OH is 1. The molecule has 0 aromatic heterocycles. The van der Waals surface area contributed by atoms with Gasteiger partial charge in [0.2, 0.25) is 10.0 Å². The number of hydrogen-bond acceptors (Lipinski definition) is 3. The average Bonchev–Trinajstić information content (AvgIpc) is 2.53. The Labute approximate surface area is 125 Å². The van der Waals surface area contributed by atoms with Crippen molar-refractivity contribution in [2.75, 3.05) is 0 Å². The average molecular weight is 305 g/mol. The third-order valence-corrected chi connectivity index (χ3v) is 4.70. The second-order valence-electron chi connectivity index (χ2n) is 4.80. The van der Waals surface area contributed by atoms with Crippen LogP contribution in [0, 0.1) is 0 Å². The number of sulfonamides is 1. The van der Waals surface area contributed by atoms with Gasteiger partial charge in [-0.05, 0) is 35.2 Å². The van der Waals surface area contributed by atoms with Crippen LogP contribution in [-0.4, -0.2) is 13.5 Å². The molecule has 0 aliphatic rings. The summed E-state index contributed by atoms with van der Waals surface area (Å²) >= 11 is 0. The molecule has 0 unspecified atom stereocenters. The minimum atomic E-state index is -3.52. The van der Waals surface area contributed by atoms with Gasteiger partial charge in [-0.1, -0.05) is 43.3 Å². The first-order valence-corrected chi connectivity index (χ1v) is 8.31. The van der Waals surface area contributed by atoms with Gasteiger partial charge in [0.1, 0.15) is 0 Å². The van der Waals surface area contributed by atoms with Crippen LogP contribution in [0.1, 0.15) is 23.6 Å². The predicted octanol–water partition coefficient (Wildman–Crippen LogP) is 2.22. The van der Waals surface area contributed by atoms with Gasteiger partial charge in [0, 0.05) is 6.54 Å². The quantitative estimate of drug-likeness (QED) is 0.860. The number of rotatable bonds is 6. The molecule has 21 heavy (non-hydrogen) atoms. The van der Waals surface area contributed by atoms with E-state index in [1.807, 2.05) is 25.1 Å². The molecule has 2 aromatic carbocycles. The maximum absolute atomic E-state index is 12.2. The van der Waals surface area contributed by atoms with Gasteiger partial charge < -0.3 is 5.11 Å². The van der Waals surface area contributed by atoms with E-state index in [0.717, 1.165) is 23.1 Å². The maximum atomic E-state index is 12.2. The van der Waals surface area contributed by atoms with Crippen molar-refractivity contribution < 1.29 is 13.5 Å². The summed E-state index contributed by atoms with van der Waals surface area (Å²) in [5.74, 6) is 0. The van der Waals surface area contributed by atoms with Gasteiger partial charge in [0.15, 0.2) is 0 Å². The normalized spacial score (nSPS) is 11.5. The molecule has 0 saturated carbocycles. The molecule has 4 nitrogen and oxygen atoms in total. The first-order chi connectivity index (χ1) is 10.0. The third-order valence-electron chi connectivity index (χ3n) is 3.28. The fraction of sp³-hybridized carbons (Fsp3) is 0.250. The van der Waals surface area contributed by atoms with Gasteiger partial charge in [-0.25, -0.2) is 13.1 Å². The number of hydrogen-bond donors (Lipinski definition) is 2. The van der Waals surface area contributed by atoms with Crippen LogP contribution >= 0.6 is 0 Å². The zero-order valence-corrected chi connectivity index (χ0v) is 12.7. The Balaban J connectivity index is 2.09. The second kappa shape index (κ2) is 6.85. The van der Waals surface area contributed by atoms with Crippen molar-refractivity contribution in [1.82, 2.24) is 4.72 Å². The molecular formula is C16H19NO3S. The van der Waals surface area contributed by atoms with Crippen LogP contribution < -0.4 is 4.72 Å². The maximum Gasteiger partial charge on any atom is 0.240 e. The number of nitrogens with one attached hydrogen (secondary N) is 1. The first kappa shape index (κ1) is 15.7. The summed E-state index contributed by atoms with van der Waals surface area (Å²) in [6.45, 7) is 2.17. The lowest BCUT2D eigenvalue weighted by atomic mass is 10.1. The van der Waals surface area contributed by atoms with Crippen LogP contribution in [0.3, 0.4) is 0 Å². The summed E-state index contributed by atoms with van der Waals surface area (Å²) < 4.78 is 27.0. The summed E-state index contributed by atoms with van der Waals surface area (Å²) in [6.07, 6.45) is 0.877. The van der Waals surface area contributed by atoms with E-state index in [1.54, 1.807) is 30.3 Å². The van der Waals surface area contributed by atoms with Crippen LogP contribution in [0.15, 0.2) is 53.4 Å². The fourth-order valence-electron chi connectivity index (χ4n) is 2.00. The molecule has 0 spiro atoms. The van der Waals surface area contributed by atoms with Crippen LogP contribution in [0.2, 0.25) is 0 Å². The van der Waals surface area contributed by atoms with E-state index >= 15 is 0 Å². The van der Waals surface area contributed by atoms with E-state index in [-0.39, 0.29) is 18.0 Å². The molecule has 0 heterocycles. The fourth-order valence-corrected chi connectivity index (χ4v) is 3.02. The summed E-state index contributed by atoms with van der Waals surface area (Å²) in [6, 6.07) is 14.1. The lowest BCUT2D eigenvalue weighted by Gasteiger charge is -2.08. The second-order valence-corrected chi connectivity index (χ2v) is 6.57. The van der Waals surface area contributed by atoms with E-state index in [0.29, 0.717) is 0 Å². The van der Waals surface area contributed by atoms with Crippen molar-refractivity contribution in [2.24, 2.45) is 0 Å². The molecule has 112 valence electrons. The van der Waals surface area contributed by atoms with Crippen LogP contribution in [0.4, 0.5) is 0 Å². The smallest absolute Gasteiger partial charge is 0.240 e. The van der Waals surface area contributed by atoms with Crippen molar-refractivity contribution >= 4 is 10.0 Å². The highest BCUT2D eigenvalue weighted by Gasteiger charge is 2.13. The van der Waals surface area contributed by atoms with Gasteiger partial charge in [-0.2, -0.15) is 0 Å². The standard InChI is InChI=1S/C16H19NO3S/c1-2-13-6-8-16(9-7-13)21(19,20)17-11-14-4-3-5-15(10-14)12-18/h3-10,17-18H,2,11-12H2,1H3. The highest BCUT2D eigenvalue weighted by Crippen LogP contribution is 2.12. The molecule has 2 aromatic rings. The zero-order valence-electron chi connectivity index (χ0n) is 11.9. The van der Waals surface area contributed by atoms with Gasteiger partial charge in [-0.15, -0.1) is 0 Å². The molecule has 0 fully saturated rings. The monoisotopic (exact) mass is 305 g/mol. The Morgan fingerprint density at radius 2 is 1.67 bits per heavy atom. The van der Waals surface area contributed by atoms with E-state index in [2.05, 4.69) is 4.72 Å². The molecule has 0 radical (unpaired) electrons. The predicted molar refractivity (Wildman–Crippen MR) is 82.2 cm³/mol. The molecular weight excluding hydrogens is 286 g/mol. The molecule has 0 aliphatic carbocycles. The Kier molecular flexibility index (Phi) is 5.12. The van der Waals surface area contributed by atoms with Crippen molar-refractivity contribution in [3.8, 4) is 0 Å². The molecule has 0 aliphatic heterocycles. The Morgan fingerprint density at radius 3 is 2.29 bits per heavy atom. The molecule has 0 atom stereocenters. The van der Waals surface area contributed by atoms with Crippen LogP contribution in [-0.2, 0) is 29.6 Å². The van der Waals surface area contributed by atoms with E-state index in [1.165, 1.54) is 0 Å². The summed E-state index contributed by atoms with van der Waals surface area (Å²) in [5.41, 5.74) is 2.68. The zero-order chi connectivity index (χ0) is 15.3. The van der Waals surface area contributed by atoms with Crippen molar-refractivity contribution in [2.45, 2.75) is 31.4 Å². The lowest BCUT2D eigenvalue weighted by Crippen LogP contribution is -2.23. The molecule has 5 heteroatoms. The summed E-state index contributed by atoms with van der Waals surface area (Å²) in [5, 5.41) is 9.08. The Morgan fingerprint density at radius 1 is 1.00 bits per heavy atom. The number of aryl methyl sites for hydroxylation is 1. The first-order valence-electron chi connectivity index (χ1n) is 6.82. The number of aliphatic hydroxyl groups is 1. The summed E-state index contributed by atoms with van der Waals surface area (Å²) in [4.78, 5) is 0.262. The van der Waals surface area contributed by atoms with E-state index in [9.17, 15) is 8.42 Å². The molecule has 0 saturated heterocycles. The van der Waals surface area contributed by atoms with Gasteiger partial charge in [-0.3, -0.25) is 0 Å². The third kappa shape index (κ3) is 4.14. The van der Waals surface area contributed by atoms with Gasteiger partial charge >= 0.3 is 0 Å². The lowest BCUT2D eigenvalue weighted by molar-refractivity contribution is 0.281. The van der Waals surface area contributed by atoms with E-state index < -0.39 is 10.0 Å². The minimum Gasteiger partial charge on any atom is -0.392 e. The van der Waals surface area contributed by atoms with E-state index in [4.69, 9.17) is 5.11 Å². The van der Waals surface area contributed by atoms with Gasteiger partial charge in [0.05, 0.1) is 11.5 Å². The highest BCUT2D eigenvalue weighted by atomic mass is 32.2. The van der Waals surface area contributed by atoms with Crippen LogP contribution in [0.25, 0.3) is 0 Å². The van der Waals surface area contributed by atoms with Crippen molar-refractivity contribution in [3.63, 3.8) is 0 Å². The molecule has 0 bridgehead atoms. The van der Waals surface area contributed by atoms with Gasteiger partial charge in [0.25, 0.3) is 0 Å². The Bertz CT molecular complexity index is 694. The molecule has 2 N–H and O–H groups in total. The topological polar surface area (TPSA) is 66.4 Å². The van der Waals surface area contributed by atoms with Crippen LogP contribution in [0.5, 0.6) is 0 Å². The Hall–Kier alpha value is -1.69. The molecule has 2 rings (SSSR count). The van der Waals surface area contributed by atoms with Crippen molar-refractivity contribution in [1.29, 1.82) is 0 Å². The minimum absolute atomic E-state index is 0.0565. The molecule has 0 amide bonds. The highest BCUT2D eigenvalue weighted by molar-refractivity contribution is 7.89. The van der Waals surface area contributed by atoms with Crippen molar-refractivity contribution in [3.05, 3.63) is 65.2 Å². The largest absolute Gasteiger partial charge is 0.392 e. The summed E-state index contributed by atoms with van der Waals surface area (Å²) in [7, 11) is -3.52. The number of benzene rings is 2.